The van der Waals surface area contributed by atoms with Gasteiger partial charge in [-0.25, -0.2) is 23.6 Å². The van der Waals surface area contributed by atoms with Crippen molar-refractivity contribution in [2.75, 3.05) is 11.4 Å². The lowest BCUT2D eigenvalue weighted by Gasteiger charge is -2.25. The quantitative estimate of drug-likeness (QED) is 0.374. The molecule has 1 atom stereocenters. The Morgan fingerprint density at radius 3 is 2.76 bits per heavy atom. The SMILES string of the molecule is Cc1cncc(-c2cnn(-c3cnn4ccc(N5CCC[C@@H]5c5nc(F)ccc5F)nc34)c2)c1. The second-order valence-corrected chi connectivity index (χ2v) is 8.36. The van der Waals surface area contributed by atoms with Crippen molar-refractivity contribution < 1.29 is 8.78 Å². The molecular weight excluding hydrogens is 438 g/mol. The molecule has 1 fully saturated rings. The predicted octanol–water partition coefficient (Wildman–Crippen LogP) is 4.30. The molecule has 5 aromatic rings. The molecule has 6 heterocycles. The van der Waals surface area contributed by atoms with Crippen molar-refractivity contribution >= 4 is 11.5 Å². The molecule has 0 saturated carbocycles. The highest BCUT2D eigenvalue weighted by molar-refractivity contribution is 5.65. The fraction of sp³-hybridized carbons (Fsp3) is 0.208. The summed E-state index contributed by atoms with van der Waals surface area (Å²) in [5.74, 6) is -0.556. The third kappa shape index (κ3) is 3.47. The molecular formula is C24H20F2N8. The molecule has 8 nitrogen and oxygen atoms in total. The van der Waals surface area contributed by atoms with E-state index in [9.17, 15) is 8.78 Å². The number of anilines is 1. The molecule has 1 aliphatic rings. The summed E-state index contributed by atoms with van der Waals surface area (Å²) < 4.78 is 31.6. The average molecular weight is 458 g/mol. The average Bonchev–Trinajstić information content (AvgIpc) is 3.59. The summed E-state index contributed by atoms with van der Waals surface area (Å²) in [5, 5.41) is 8.91. The minimum Gasteiger partial charge on any atom is -0.348 e. The third-order valence-corrected chi connectivity index (χ3v) is 6.08. The van der Waals surface area contributed by atoms with Crippen LogP contribution in [0.1, 0.15) is 30.1 Å². The molecule has 0 aromatic carbocycles. The van der Waals surface area contributed by atoms with E-state index in [1.807, 2.05) is 36.4 Å². The Balaban J connectivity index is 1.38. The molecule has 0 aliphatic carbocycles. The minimum absolute atomic E-state index is 0.108. The van der Waals surface area contributed by atoms with Gasteiger partial charge in [0.1, 0.15) is 23.0 Å². The summed E-state index contributed by atoms with van der Waals surface area (Å²) in [5.41, 5.74) is 4.39. The molecule has 0 unspecified atom stereocenters. The fourth-order valence-corrected chi connectivity index (χ4v) is 4.48. The number of hydrogen-bond donors (Lipinski definition) is 0. The normalized spacial score (nSPS) is 16.0. The lowest BCUT2D eigenvalue weighted by molar-refractivity contribution is 0.518. The van der Waals surface area contributed by atoms with E-state index < -0.39 is 11.8 Å². The Hall–Kier alpha value is -4.21. The number of nitrogens with zero attached hydrogens (tertiary/aromatic N) is 8. The number of aryl methyl sites for hydroxylation is 1. The molecule has 170 valence electrons. The van der Waals surface area contributed by atoms with Crippen molar-refractivity contribution in [1.82, 2.24) is 34.3 Å². The summed E-state index contributed by atoms with van der Waals surface area (Å²) in [6.45, 7) is 2.66. The van der Waals surface area contributed by atoms with Gasteiger partial charge in [0, 0.05) is 42.5 Å². The zero-order chi connectivity index (χ0) is 23.2. The van der Waals surface area contributed by atoms with Gasteiger partial charge < -0.3 is 4.90 Å². The van der Waals surface area contributed by atoms with Crippen LogP contribution in [0.3, 0.4) is 0 Å². The minimum atomic E-state index is -0.692. The van der Waals surface area contributed by atoms with E-state index in [4.69, 9.17) is 4.98 Å². The van der Waals surface area contributed by atoms with E-state index in [1.54, 1.807) is 34.0 Å². The molecule has 1 saturated heterocycles. The third-order valence-electron chi connectivity index (χ3n) is 6.08. The van der Waals surface area contributed by atoms with Gasteiger partial charge in [-0.2, -0.15) is 14.6 Å². The van der Waals surface area contributed by atoms with E-state index in [0.717, 1.165) is 35.2 Å². The molecule has 0 spiro atoms. The largest absolute Gasteiger partial charge is 0.348 e. The number of pyridine rings is 2. The Bertz CT molecular complexity index is 1510. The number of aromatic nitrogens is 7. The van der Waals surface area contributed by atoms with Crippen LogP contribution < -0.4 is 4.90 Å². The van der Waals surface area contributed by atoms with Crippen LogP contribution in [-0.2, 0) is 0 Å². The summed E-state index contributed by atoms with van der Waals surface area (Å²) in [6, 6.07) is 5.65. The maximum Gasteiger partial charge on any atom is 0.213 e. The maximum absolute atomic E-state index is 14.5. The molecule has 0 bridgehead atoms. The van der Waals surface area contributed by atoms with E-state index in [1.165, 1.54) is 0 Å². The van der Waals surface area contributed by atoms with Gasteiger partial charge in [-0.3, -0.25) is 4.98 Å². The van der Waals surface area contributed by atoms with Gasteiger partial charge in [0.25, 0.3) is 0 Å². The summed E-state index contributed by atoms with van der Waals surface area (Å²) >= 11 is 0. The first-order chi connectivity index (χ1) is 16.6. The van der Waals surface area contributed by atoms with Crippen LogP contribution in [-0.4, -0.2) is 40.9 Å². The monoisotopic (exact) mass is 458 g/mol. The molecule has 0 amide bonds. The molecule has 0 N–H and O–H groups in total. The van der Waals surface area contributed by atoms with Crippen LogP contribution in [0.15, 0.2) is 61.4 Å². The number of halogens is 2. The molecule has 6 rings (SSSR count). The lowest BCUT2D eigenvalue weighted by Crippen LogP contribution is -2.25. The van der Waals surface area contributed by atoms with E-state index in [-0.39, 0.29) is 11.7 Å². The van der Waals surface area contributed by atoms with Crippen LogP contribution in [0.2, 0.25) is 0 Å². The van der Waals surface area contributed by atoms with Crippen molar-refractivity contribution in [3.05, 3.63) is 84.5 Å². The van der Waals surface area contributed by atoms with Crippen molar-refractivity contribution in [2.24, 2.45) is 0 Å². The smallest absolute Gasteiger partial charge is 0.213 e. The lowest BCUT2D eigenvalue weighted by atomic mass is 10.1. The highest BCUT2D eigenvalue weighted by Crippen LogP contribution is 2.36. The van der Waals surface area contributed by atoms with Crippen molar-refractivity contribution in [3.63, 3.8) is 0 Å². The Morgan fingerprint density at radius 1 is 0.971 bits per heavy atom. The highest BCUT2D eigenvalue weighted by atomic mass is 19.1. The zero-order valence-electron chi connectivity index (χ0n) is 18.3. The molecule has 5 aromatic heterocycles. The maximum atomic E-state index is 14.5. The van der Waals surface area contributed by atoms with Gasteiger partial charge in [-0.15, -0.1) is 0 Å². The van der Waals surface area contributed by atoms with E-state index >= 15 is 0 Å². The number of hydrogen-bond acceptors (Lipinski definition) is 6. The number of fused-ring (bicyclic) bond motifs is 1. The van der Waals surface area contributed by atoms with Gasteiger partial charge >= 0.3 is 0 Å². The van der Waals surface area contributed by atoms with Crippen molar-refractivity contribution in [3.8, 4) is 16.8 Å². The van der Waals surface area contributed by atoms with Gasteiger partial charge in [0.05, 0.1) is 18.4 Å². The Labute approximate surface area is 193 Å². The second kappa shape index (κ2) is 7.98. The fourth-order valence-electron chi connectivity index (χ4n) is 4.48. The predicted molar refractivity (Wildman–Crippen MR) is 122 cm³/mol. The summed E-state index contributed by atoms with van der Waals surface area (Å²) in [6.07, 6.45) is 12.3. The van der Waals surface area contributed by atoms with E-state index in [0.29, 0.717) is 30.1 Å². The van der Waals surface area contributed by atoms with Gasteiger partial charge in [0.2, 0.25) is 5.95 Å². The second-order valence-electron chi connectivity index (χ2n) is 8.36. The Kier molecular flexibility index (Phi) is 4.79. The van der Waals surface area contributed by atoms with E-state index in [2.05, 4.69) is 20.2 Å². The number of rotatable bonds is 4. The summed E-state index contributed by atoms with van der Waals surface area (Å²) in [4.78, 5) is 14.9. The van der Waals surface area contributed by atoms with Gasteiger partial charge in [-0.1, -0.05) is 0 Å². The van der Waals surface area contributed by atoms with Crippen LogP contribution in [0.25, 0.3) is 22.5 Å². The van der Waals surface area contributed by atoms with Crippen LogP contribution in [0, 0.1) is 18.7 Å². The van der Waals surface area contributed by atoms with Crippen LogP contribution in [0.4, 0.5) is 14.6 Å². The van der Waals surface area contributed by atoms with Crippen LogP contribution >= 0.6 is 0 Å². The van der Waals surface area contributed by atoms with Crippen LogP contribution in [0.5, 0.6) is 0 Å². The van der Waals surface area contributed by atoms with Crippen molar-refractivity contribution in [1.29, 1.82) is 0 Å². The zero-order valence-corrected chi connectivity index (χ0v) is 18.3. The van der Waals surface area contributed by atoms with Crippen molar-refractivity contribution in [2.45, 2.75) is 25.8 Å². The van der Waals surface area contributed by atoms with Gasteiger partial charge in [-0.05, 0) is 49.6 Å². The highest BCUT2D eigenvalue weighted by Gasteiger charge is 2.31. The Morgan fingerprint density at radius 2 is 1.88 bits per heavy atom. The molecule has 1 aliphatic heterocycles. The standard InChI is InChI=1S/C24H20F2N8/c1-15-9-16(11-27-10-15)17-12-28-34(14-17)20-13-29-33-8-6-22(31-24(20)33)32-7-2-3-19(32)23-18(25)4-5-21(26)30-23/h4-6,8-14,19H,2-3,7H2,1H3/t19-/m1/s1. The molecule has 0 radical (unpaired) electrons. The first-order valence-electron chi connectivity index (χ1n) is 11.0. The molecule has 10 heteroatoms. The molecule has 34 heavy (non-hydrogen) atoms. The topological polar surface area (TPSA) is 77.0 Å². The first kappa shape index (κ1) is 20.4. The first-order valence-corrected chi connectivity index (χ1v) is 11.0. The summed E-state index contributed by atoms with van der Waals surface area (Å²) in [7, 11) is 0. The van der Waals surface area contributed by atoms with Gasteiger partial charge in [0.15, 0.2) is 5.65 Å².